The summed E-state index contributed by atoms with van der Waals surface area (Å²) >= 11 is 3.91. The predicted molar refractivity (Wildman–Crippen MR) is 75.7 cm³/mol. The number of hydrogen-bond acceptors (Lipinski definition) is 7. The Labute approximate surface area is 127 Å². The Bertz CT molecular complexity index is 403. The normalized spacial score (nSPS) is 12.9. The fourth-order valence-electron chi connectivity index (χ4n) is 1.30. The van der Waals surface area contributed by atoms with Gasteiger partial charge in [-0.1, -0.05) is 0 Å². The van der Waals surface area contributed by atoms with Gasteiger partial charge in [0.15, 0.2) is 0 Å². The quantitative estimate of drug-likeness (QED) is 0.241. The molecule has 0 aromatic heterocycles. The van der Waals surface area contributed by atoms with Crippen LogP contribution in [-0.2, 0) is 23.9 Å². The third kappa shape index (κ3) is 8.15. The van der Waals surface area contributed by atoms with Crippen LogP contribution in [0.5, 0.6) is 0 Å². The molecule has 0 fully saturated rings. The van der Waals surface area contributed by atoms with E-state index in [9.17, 15) is 19.2 Å². The highest BCUT2D eigenvalue weighted by Crippen LogP contribution is 1.98. The molecule has 0 aliphatic carbocycles. The number of methoxy groups -OCH3 is 1. The molecule has 2 amide bonds. The van der Waals surface area contributed by atoms with Crippen LogP contribution < -0.4 is 16.4 Å². The van der Waals surface area contributed by atoms with E-state index in [1.807, 2.05) is 0 Å². The summed E-state index contributed by atoms with van der Waals surface area (Å²) in [6, 6.07) is -1.88. The average Bonchev–Trinajstić information content (AvgIpc) is 2.46. The largest absolute Gasteiger partial charge is 0.480 e. The lowest BCUT2D eigenvalue weighted by atomic mass is 10.1. The molecule has 0 heterocycles. The van der Waals surface area contributed by atoms with Gasteiger partial charge in [-0.3, -0.25) is 19.2 Å². The van der Waals surface area contributed by atoms with Crippen LogP contribution >= 0.6 is 12.6 Å². The molecule has 2 atom stereocenters. The zero-order valence-electron chi connectivity index (χ0n) is 11.5. The van der Waals surface area contributed by atoms with Gasteiger partial charge in [-0.25, -0.2) is 0 Å². The Kier molecular flexibility index (Phi) is 9.13. The third-order valence-corrected chi connectivity index (χ3v) is 2.80. The maximum atomic E-state index is 11.6. The number of hydrogen-bond donors (Lipinski definition) is 5. The third-order valence-electron chi connectivity index (χ3n) is 2.43. The van der Waals surface area contributed by atoms with E-state index in [0.29, 0.717) is 0 Å². The number of nitrogens with one attached hydrogen (secondary N) is 2. The first-order valence-electron chi connectivity index (χ1n) is 6.05. The van der Waals surface area contributed by atoms with E-state index < -0.39 is 42.4 Å². The number of carboxylic acids is 1. The SMILES string of the molecule is COC(=O)C(N)CCC(=O)N[C@@H](CS)C(=O)NCC(=O)O. The number of carbonyl (C=O) groups is 4. The van der Waals surface area contributed by atoms with Crippen LogP contribution in [0.15, 0.2) is 0 Å². The van der Waals surface area contributed by atoms with Gasteiger partial charge in [-0.2, -0.15) is 12.6 Å². The molecule has 0 spiro atoms. The van der Waals surface area contributed by atoms with Crippen LogP contribution in [0.2, 0.25) is 0 Å². The summed E-state index contributed by atoms with van der Waals surface area (Å²) in [5.74, 6) is -2.98. The molecule has 0 radical (unpaired) electrons. The van der Waals surface area contributed by atoms with Crippen LogP contribution in [0.4, 0.5) is 0 Å². The number of carboxylic acid groups (broad SMARTS) is 1. The zero-order valence-corrected chi connectivity index (χ0v) is 12.4. The highest BCUT2D eigenvalue weighted by atomic mass is 32.1. The summed E-state index contributed by atoms with van der Waals surface area (Å²) in [4.78, 5) is 44.6. The van der Waals surface area contributed by atoms with Crippen LogP contribution in [0.25, 0.3) is 0 Å². The van der Waals surface area contributed by atoms with E-state index in [-0.39, 0.29) is 18.6 Å². The van der Waals surface area contributed by atoms with Gasteiger partial charge in [0.1, 0.15) is 18.6 Å². The molecule has 0 rings (SSSR count). The Balaban J connectivity index is 4.23. The lowest BCUT2D eigenvalue weighted by Gasteiger charge is -2.16. The molecule has 1 unspecified atom stereocenters. The van der Waals surface area contributed by atoms with E-state index in [0.717, 1.165) is 0 Å². The van der Waals surface area contributed by atoms with Gasteiger partial charge in [0.05, 0.1) is 7.11 Å². The molecule has 120 valence electrons. The molecule has 0 bridgehead atoms. The number of amides is 2. The van der Waals surface area contributed by atoms with E-state index in [2.05, 4.69) is 28.0 Å². The van der Waals surface area contributed by atoms with Crippen molar-refractivity contribution in [2.24, 2.45) is 5.73 Å². The van der Waals surface area contributed by atoms with Crippen molar-refractivity contribution in [3.63, 3.8) is 0 Å². The zero-order chi connectivity index (χ0) is 16.4. The fraction of sp³-hybridized carbons (Fsp3) is 0.636. The second kappa shape index (κ2) is 10.00. The number of esters is 1. The Morgan fingerprint density at radius 2 is 1.95 bits per heavy atom. The molecule has 21 heavy (non-hydrogen) atoms. The van der Waals surface area contributed by atoms with E-state index >= 15 is 0 Å². The molecular formula is C11H19N3O6S. The van der Waals surface area contributed by atoms with Crippen molar-refractivity contribution >= 4 is 36.4 Å². The van der Waals surface area contributed by atoms with Crippen molar-refractivity contribution in [2.75, 3.05) is 19.4 Å². The van der Waals surface area contributed by atoms with Crippen molar-refractivity contribution in [3.05, 3.63) is 0 Å². The molecule has 5 N–H and O–H groups in total. The first kappa shape index (κ1) is 19.2. The minimum Gasteiger partial charge on any atom is -0.480 e. The van der Waals surface area contributed by atoms with Gasteiger partial charge in [0.2, 0.25) is 11.8 Å². The van der Waals surface area contributed by atoms with Crippen molar-refractivity contribution in [3.8, 4) is 0 Å². The van der Waals surface area contributed by atoms with Crippen LogP contribution in [0.1, 0.15) is 12.8 Å². The number of rotatable bonds is 9. The van der Waals surface area contributed by atoms with E-state index in [1.54, 1.807) is 0 Å². The summed E-state index contributed by atoms with van der Waals surface area (Å²) in [5, 5.41) is 12.9. The summed E-state index contributed by atoms with van der Waals surface area (Å²) in [6.07, 6.45) is -0.0126. The summed E-state index contributed by atoms with van der Waals surface area (Å²) in [5.41, 5.74) is 5.47. The Morgan fingerprint density at radius 3 is 2.43 bits per heavy atom. The van der Waals surface area contributed by atoms with Crippen molar-refractivity contribution in [1.29, 1.82) is 0 Å². The number of thiol groups is 1. The Morgan fingerprint density at radius 1 is 1.33 bits per heavy atom. The minimum absolute atomic E-state index is 0.000246. The van der Waals surface area contributed by atoms with Crippen molar-refractivity contribution < 1.29 is 29.0 Å². The molecule has 0 saturated carbocycles. The average molecular weight is 321 g/mol. The van der Waals surface area contributed by atoms with Crippen LogP contribution in [-0.4, -0.2) is 60.4 Å². The smallest absolute Gasteiger partial charge is 0.322 e. The van der Waals surface area contributed by atoms with Gasteiger partial charge < -0.3 is 26.2 Å². The first-order valence-corrected chi connectivity index (χ1v) is 6.68. The van der Waals surface area contributed by atoms with E-state index in [4.69, 9.17) is 10.8 Å². The van der Waals surface area contributed by atoms with Crippen molar-refractivity contribution in [2.45, 2.75) is 24.9 Å². The molecule has 0 aromatic carbocycles. The molecular weight excluding hydrogens is 302 g/mol. The van der Waals surface area contributed by atoms with Gasteiger partial charge in [-0.05, 0) is 6.42 Å². The van der Waals surface area contributed by atoms with Gasteiger partial charge in [0.25, 0.3) is 0 Å². The molecule has 0 aliphatic rings. The minimum atomic E-state index is -1.20. The maximum absolute atomic E-state index is 11.6. The lowest BCUT2D eigenvalue weighted by Crippen LogP contribution is -2.49. The maximum Gasteiger partial charge on any atom is 0.322 e. The van der Waals surface area contributed by atoms with Crippen molar-refractivity contribution in [1.82, 2.24) is 10.6 Å². The number of ether oxygens (including phenoxy) is 1. The van der Waals surface area contributed by atoms with Gasteiger partial charge in [0, 0.05) is 12.2 Å². The number of aliphatic carboxylic acids is 1. The highest BCUT2D eigenvalue weighted by molar-refractivity contribution is 7.80. The van der Waals surface area contributed by atoms with Crippen LogP contribution in [0, 0.1) is 0 Å². The summed E-state index contributed by atoms with van der Waals surface area (Å²) in [6.45, 7) is -0.549. The van der Waals surface area contributed by atoms with E-state index in [1.165, 1.54) is 7.11 Å². The van der Waals surface area contributed by atoms with Gasteiger partial charge in [-0.15, -0.1) is 0 Å². The summed E-state index contributed by atoms with van der Waals surface area (Å²) in [7, 11) is 1.19. The Hall–Kier alpha value is -1.81. The second-order valence-electron chi connectivity index (χ2n) is 4.08. The lowest BCUT2D eigenvalue weighted by molar-refractivity contribution is -0.142. The first-order chi connectivity index (χ1) is 9.81. The highest BCUT2D eigenvalue weighted by Gasteiger charge is 2.21. The number of nitrogens with two attached hydrogens (primary N) is 1. The molecule has 0 saturated heterocycles. The van der Waals surface area contributed by atoms with Crippen LogP contribution in [0.3, 0.4) is 0 Å². The summed E-state index contributed by atoms with van der Waals surface area (Å²) < 4.78 is 4.41. The molecule has 9 nitrogen and oxygen atoms in total. The number of carbonyl (C=O) groups excluding carboxylic acids is 3. The predicted octanol–water partition coefficient (Wildman–Crippen LogP) is -2.12. The van der Waals surface area contributed by atoms with Gasteiger partial charge >= 0.3 is 11.9 Å². The monoisotopic (exact) mass is 321 g/mol. The molecule has 0 aromatic rings. The topological polar surface area (TPSA) is 148 Å². The molecule has 10 heteroatoms. The fourth-order valence-corrected chi connectivity index (χ4v) is 1.56. The molecule has 0 aliphatic heterocycles. The second-order valence-corrected chi connectivity index (χ2v) is 4.45. The standard InChI is InChI=1S/C11H19N3O6S/c1-20-11(19)6(12)2-3-8(15)14-7(5-21)10(18)13-4-9(16)17/h6-7,21H,2-5,12H2,1H3,(H,13,18)(H,14,15)(H,16,17)/t6?,7-/m0/s1.